The Kier molecular flexibility index (Phi) is 7.79. The van der Waals surface area contributed by atoms with Crippen LogP contribution in [0, 0.1) is 6.92 Å². The third-order valence-corrected chi connectivity index (χ3v) is 7.42. The van der Waals surface area contributed by atoms with E-state index in [2.05, 4.69) is 36.6 Å². The van der Waals surface area contributed by atoms with Crippen molar-refractivity contribution in [3.8, 4) is 5.75 Å². The molecule has 1 unspecified atom stereocenters. The van der Waals surface area contributed by atoms with Crippen LogP contribution in [-0.2, 0) is 11.4 Å². The first-order chi connectivity index (χ1) is 18.5. The summed E-state index contributed by atoms with van der Waals surface area (Å²) in [6.45, 7) is 6.58. The molecule has 0 saturated heterocycles. The summed E-state index contributed by atoms with van der Waals surface area (Å²) < 4.78 is 8.00. The van der Waals surface area contributed by atoms with E-state index in [1.165, 1.54) is 5.56 Å². The minimum absolute atomic E-state index is 0.193. The van der Waals surface area contributed by atoms with Gasteiger partial charge < -0.3 is 15.4 Å². The monoisotopic (exact) mass is 525 g/mol. The zero-order valence-corrected chi connectivity index (χ0v) is 22.6. The number of para-hydroxylation sites is 1. The number of carbonyl (C=O) groups is 1. The van der Waals surface area contributed by atoms with Crippen LogP contribution < -0.4 is 15.4 Å². The van der Waals surface area contributed by atoms with E-state index in [-0.39, 0.29) is 5.91 Å². The van der Waals surface area contributed by atoms with Crippen molar-refractivity contribution in [1.82, 2.24) is 14.8 Å². The van der Waals surface area contributed by atoms with E-state index in [1.54, 1.807) is 11.8 Å². The van der Waals surface area contributed by atoms with Crippen LogP contribution in [0.5, 0.6) is 5.75 Å². The summed E-state index contributed by atoms with van der Waals surface area (Å²) in [7, 11) is 0. The Morgan fingerprint density at radius 1 is 1.05 bits per heavy atom. The van der Waals surface area contributed by atoms with E-state index < -0.39 is 6.04 Å². The molecule has 4 aromatic rings. The fourth-order valence-corrected chi connectivity index (χ4v) is 5.10. The van der Waals surface area contributed by atoms with Crippen LogP contribution in [0.25, 0.3) is 0 Å². The predicted octanol–water partition coefficient (Wildman–Crippen LogP) is 6.60. The normalized spacial score (nSPS) is 14.6. The van der Waals surface area contributed by atoms with Gasteiger partial charge in [0.25, 0.3) is 5.91 Å². The maximum atomic E-state index is 13.7. The molecule has 8 heteroatoms. The number of hydrogen-bond acceptors (Lipinski definition) is 6. The lowest BCUT2D eigenvalue weighted by molar-refractivity contribution is -0.113. The standard InChI is InChI=1S/C30H31N5O2S/c1-4-17-38-30-33-29-31-21(3)26(28(36)32-24-14-6-5-7-15-24)27(35(29)34-30)22-13-10-16-25(18-22)37-19-23-12-9-8-11-20(23)2/h5-16,18,27H,4,17,19H2,1-3H3,(H,32,36)(H,31,33,34). The summed E-state index contributed by atoms with van der Waals surface area (Å²) >= 11 is 1.61. The van der Waals surface area contributed by atoms with Gasteiger partial charge in [0.1, 0.15) is 18.4 Å². The molecule has 38 heavy (non-hydrogen) atoms. The van der Waals surface area contributed by atoms with Crippen molar-refractivity contribution < 1.29 is 9.53 Å². The largest absolute Gasteiger partial charge is 0.489 e. The first kappa shape index (κ1) is 25.6. The summed E-state index contributed by atoms with van der Waals surface area (Å²) in [5.41, 5.74) is 5.26. The van der Waals surface area contributed by atoms with Crippen LogP contribution in [-0.4, -0.2) is 26.4 Å². The Bertz CT molecular complexity index is 1460. The Morgan fingerprint density at radius 2 is 1.84 bits per heavy atom. The second-order valence-corrected chi connectivity index (χ2v) is 10.2. The van der Waals surface area contributed by atoms with Gasteiger partial charge in [0, 0.05) is 17.1 Å². The number of nitrogens with zero attached hydrogens (tertiary/aromatic N) is 3. The molecule has 1 aromatic heterocycles. The molecule has 2 N–H and O–H groups in total. The van der Waals surface area contributed by atoms with E-state index >= 15 is 0 Å². The Morgan fingerprint density at radius 3 is 2.63 bits per heavy atom. The summed E-state index contributed by atoms with van der Waals surface area (Å²) in [5, 5.41) is 11.8. The van der Waals surface area contributed by atoms with Gasteiger partial charge in [0.2, 0.25) is 11.1 Å². The van der Waals surface area contributed by atoms with Crippen molar-refractivity contribution in [1.29, 1.82) is 0 Å². The lowest BCUT2D eigenvalue weighted by atomic mass is 9.95. The van der Waals surface area contributed by atoms with Gasteiger partial charge in [0.15, 0.2) is 0 Å². The number of fused-ring (bicyclic) bond motifs is 1. The molecule has 1 atom stereocenters. The highest BCUT2D eigenvalue weighted by molar-refractivity contribution is 7.99. The zero-order valence-electron chi connectivity index (χ0n) is 21.8. The highest BCUT2D eigenvalue weighted by Gasteiger charge is 2.34. The molecule has 3 aromatic carbocycles. The van der Waals surface area contributed by atoms with Gasteiger partial charge >= 0.3 is 0 Å². The molecule has 0 saturated carbocycles. The summed E-state index contributed by atoms with van der Waals surface area (Å²) in [4.78, 5) is 18.4. The number of hydrogen-bond donors (Lipinski definition) is 2. The Hall–Kier alpha value is -4.04. The number of allylic oxidation sites excluding steroid dienone is 1. The maximum Gasteiger partial charge on any atom is 0.255 e. The molecule has 7 nitrogen and oxygen atoms in total. The molecule has 0 aliphatic carbocycles. The number of benzene rings is 3. The number of amides is 1. The molecule has 0 bridgehead atoms. The van der Waals surface area contributed by atoms with Crippen LogP contribution in [0.2, 0.25) is 0 Å². The minimum Gasteiger partial charge on any atom is -0.489 e. The van der Waals surface area contributed by atoms with Gasteiger partial charge in [-0.2, -0.15) is 4.98 Å². The van der Waals surface area contributed by atoms with Gasteiger partial charge in [-0.25, -0.2) is 4.68 Å². The van der Waals surface area contributed by atoms with Gasteiger partial charge in [-0.05, 0) is 61.2 Å². The molecule has 5 rings (SSSR count). The van der Waals surface area contributed by atoms with Crippen LogP contribution in [0.4, 0.5) is 11.6 Å². The van der Waals surface area contributed by atoms with Gasteiger partial charge in [0.05, 0.1) is 5.57 Å². The van der Waals surface area contributed by atoms with Gasteiger partial charge in [-0.1, -0.05) is 73.3 Å². The minimum atomic E-state index is -0.472. The highest BCUT2D eigenvalue weighted by Crippen LogP contribution is 2.38. The third kappa shape index (κ3) is 5.60. The van der Waals surface area contributed by atoms with Crippen LogP contribution in [0.3, 0.4) is 0 Å². The summed E-state index contributed by atoms with van der Waals surface area (Å²) in [6.07, 6.45) is 1.02. The zero-order chi connectivity index (χ0) is 26.5. The summed E-state index contributed by atoms with van der Waals surface area (Å²) in [6, 6.07) is 25.1. The first-order valence-corrected chi connectivity index (χ1v) is 13.7. The average Bonchev–Trinajstić information content (AvgIpc) is 3.33. The topological polar surface area (TPSA) is 81.1 Å². The van der Waals surface area contributed by atoms with E-state index in [4.69, 9.17) is 14.8 Å². The number of nitrogens with one attached hydrogen (secondary N) is 2. The number of carbonyl (C=O) groups excluding carboxylic acids is 1. The second kappa shape index (κ2) is 11.6. The molecule has 0 spiro atoms. The van der Waals surface area contributed by atoms with Crippen molar-refractivity contribution in [2.45, 2.75) is 45.0 Å². The van der Waals surface area contributed by atoms with Crippen molar-refractivity contribution >= 4 is 29.3 Å². The highest BCUT2D eigenvalue weighted by atomic mass is 32.2. The number of rotatable bonds is 9. The van der Waals surface area contributed by atoms with E-state index in [0.29, 0.717) is 23.3 Å². The van der Waals surface area contributed by atoms with Crippen molar-refractivity contribution in [3.05, 3.63) is 107 Å². The lowest BCUT2D eigenvalue weighted by Crippen LogP contribution is -2.31. The summed E-state index contributed by atoms with van der Waals surface area (Å²) in [5.74, 6) is 2.08. The molecule has 0 radical (unpaired) electrons. The molecule has 2 heterocycles. The van der Waals surface area contributed by atoms with Crippen LogP contribution in [0.1, 0.15) is 43.0 Å². The number of thioether (sulfide) groups is 1. The number of aryl methyl sites for hydroxylation is 1. The van der Waals surface area contributed by atoms with Crippen LogP contribution >= 0.6 is 11.8 Å². The second-order valence-electron chi connectivity index (χ2n) is 9.19. The van der Waals surface area contributed by atoms with E-state index in [1.807, 2.05) is 78.3 Å². The third-order valence-electron chi connectivity index (χ3n) is 6.37. The van der Waals surface area contributed by atoms with Gasteiger partial charge in [-0.15, -0.1) is 5.10 Å². The number of ether oxygens (including phenoxy) is 1. The molecular formula is C30H31N5O2S. The number of anilines is 2. The van der Waals surface area contributed by atoms with E-state index in [0.717, 1.165) is 40.4 Å². The fourth-order valence-electron chi connectivity index (χ4n) is 4.42. The first-order valence-electron chi connectivity index (χ1n) is 12.7. The van der Waals surface area contributed by atoms with E-state index in [9.17, 15) is 4.79 Å². The van der Waals surface area contributed by atoms with Crippen LogP contribution in [0.15, 0.2) is 95.3 Å². The molecular weight excluding hydrogens is 494 g/mol. The smallest absolute Gasteiger partial charge is 0.255 e. The molecule has 194 valence electrons. The predicted molar refractivity (Wildman–Crippen MR) is 153 cm³/mol. The van der Waals surface area contributed by atoms with Crippen molar-refractivity contribution in [2.75, 3.05) is 16.4 Å². The Balaban J connectivity index is 1.50. The number of aromatic nitrogens is 3. The fraction of sp³-hybridized carbons (Fsp3) is 0.233. The van der Waals surface area contributed by atoms with Crippen molar-refractivity contribution in [2.24, 2.45) is 0 Å². The quantitative estimate of drug-likeness (QED) is 0.240. The molecule has 1 aliphatic rings. The average molecular weight is 526 g/mol. The molecule has 0 fully saturated rings. The maximum absolute atomic E-state index is 13.7. The Labute approximate surface area is 227 Å². The van der Waals surface area contributed by atoms with Gasteiger partial charge in [-0.3, -0.25) is 4.79 Å². The lowest BCUT2D eigenvalue weighted by Gasteiger charge is -2.29. The van der Waals surface area contributed by atoms with Crippen molar-refractivity contribution in [3.63, 3.8) is 0 Å². The molecule has 1 aliphatic heterocycles. The molecule has 1 amide bonds. The SMILES string of the molecule is CCCSc1nc2n(n1)C(c1cccc(OCc3ccccc3C)c1)C(C(=O)Nc1ccccc1)=C(C)N2.